The van der Waals surface area contributed by atoms with E-state index in [-0.39, 0.29) is 0 Å². The fourth-order valence-corrected chi connectivity index (χ4v) is 2.22. The lowest BCUT2D eigenvalue weighted by atomic mass is 9.99. The number of aryl methyl sites for hydroxylation is 1. The molecular formula is C17H16N2O. The van der Waals surface area contributed by atoms with Gasteiger partial charge in [-0.25, -0.2) is 0 Å². The van der Waals surface area contributed by atoms with Crippen LogP contribution >= 0.6 is 0 Å². The Hall–Kier alpha value is -2.42. The van der Waals surface area contributed by atoms with Crippen LogP contribution in [0.1, 0.15) is 16.7 Å². The van der Waals surface area contributed by atoms with Crippen LogP contribution in [-0.2, 0) is 0 Å². The zero-order chi connectivity index (χ0) is 14.1. The molecule has 0 unspecified atom stereocenters. The Morgan fingerprint density at radius 2 is 1.45 bits per heavy atom. The number of aromatic nitrogens is 2. The third kappa shape index (κ3) is 2.11. The van der Waals surface area contributed by atoms with E-state index < -0.39 is 0 Å². The standard InChI is InChI=1S/C17H16N2O/c1-11-9-10-15(13(3)12(11)2)17-19-18-16(20-17)14-7-5-4-6-8-14/h4-10H,1-3H3. The van der Waals surface area contributed by atoms with Crippen molar-refractivity contribution in [2.75, 3.05) is 0 Å². The van der Waals surface area contributed by atoms with Gasteiger partial charge < -0.3 is 4.42 Å². The van der Waals surface area contributed by atoms with Gasteiger partial charge in [-0.2, -0.15) is 0 Å². The van der Waals surface area contributed by atoms with E-state index >= 15 is 0 Å². The van der Waals surface area contributed by atoms with E-state index in [1.54, 1.807) is 0 Å². The van der Waals surface area contributed by atoms with Crippen molar-refractivity contribution >= 4 is 0 Å². The van der Waals surface area contributed by atoms with Gasteiger partial charge in [-0.05, 0) is 55.7 Å². The van der Waals surface area contributed by atoms with E-state index in [1.165, 1.54) is 16.7 Å². The van der Waals surface area contributed by atoms with Gasteiger partial charge in [0.15, 0.2) is 0 Å². The van der Waals surface area contributed by atoms with Gasteiger partial charge in [0.2, 0.25) is 11.8 Å². The van der Waals surface area contributed by atoms with Crippen molar-refractivity contribution in [3.63, 3.8) is 0 Å². The Morgan fingerprint density at radius 1 is 0.750 bits per heavy atom. The molecule has 1 heterocycles. The first-order valence-corrected chi connectivity index (χ1v) is 6.63. The van der Waals surface area contributed by atoms with Crippen LogP contribution in [0.5, 0.6) is 0 Å². The Balaban J connectivity index is 2.05. The summed E-state index contributed by atoms with van der Waals surface area (Å²) >= 11 is 0. The van der Waals surface area contributed by atoms with Crippen molar-refractivity contribution in [2.45, 2.75) is 20.8 Å². The van der Waals surface area contributed by atoms with Crippen LogP contribution in [0, 0.1) is 20.8 Å². The Morgan fingerprint density at radius 3 is 2.20 bits per heavy atom. The smallest absolute Gasteiger partial charge is 0.248 e. The number of benzene rings is 2. The number of hydrogen-bond donors (Lipinski definition) is 0. The van der Waals surface area contributed by atoms with Gasteiger partial charge in [0.25, 0.3) is 0 Å². The largest absolute Gasteiger partial charge is 0.416 e. The minimum atomic E-state index is 0.554. The average molecular weight is 264 g/mol. The van der Waals surface area contributed by atoms with Crippen molar-refractivity contribution in [2.24, 2.45) is 0 Å². The molecule has 3 rings (SSSR count). The molecule has 0 aliphatic heterocycles. The van der Waals surface area contributed by atoms with Gasteiger partial charge in [0.1, 0.15) is 0 Å². The molecule has 0 saturated heterocycles. The summed E-state index contributed by atoms with van der Waals surface area (Å²) in [5, 5.41) is 8.32. The maximum Gasteiger partial charge on any atom is 0.248 e. The zero-order valence-corrected chi connectivity index (χ0v) is 11.8. The van der Waals surface area contributed by atoms with E-state index in [4.69, 9.17) is 4.42 Å². The highest BCUT2D eigenvalue weighted by atomic mass is 16.4. The fraction of sp³-hybridized carbons (Fsp3) is 0.176. The first-order valence-electron chi connectivity index (χ1n) is 6.63. The summed E-state index contributed by atoms with van der Waals surface area (Å²) in [4.78, 5) is 0. The summed E-state index contributed by atoms with van der Waals surface area (Å²) in [6.07, 6.45) is 0. The summed E-state index contributed by atoms with van der Waals surface area (Å²) in [5.74, 6) is 1.13. The molecule has 2 aromatic carbocycles. The van der Waals surface area contributed by atoms with Gasteiger partial charge in [0.05, 0.1) is 0 Å². The van der Waals surface area contributed by atoms with Crippen LogP contribution in [-0.4, -0.2) is 10.2 Å². The second-order valence-electron chi connectivity index (χ2n) is 4.96. The lowest BCUT2D eigenvalue weighted by Gasteiger charge is -2.07. The highest BCUT2D eigenvalue weighted by Gasteiger charge is 2.13. The maximum absolute atomic E-state index is 5.81. The summed E-state index contributed by atoms with van der Waals surface area (Å²) in [5.41, 5.74) is 5.67. The van der Waals surface area contributed by atoms with Gasteiger partial charge in [-0.3, -0.25) is 0 Å². The van der Waals surface area contributed by atoms with Crippen molar-refractivity contribution in [1.29, 1.82) is 0 Å². The molecule has 0 aliphatic rings. The molecule has 0 N–H and O–H groups in total. The first-order chi connectivity index (χ1) is 9.66. The second kappa shape index (κ2) is 4.93. The molecule has 3 aromatic rings. The van der Waals surface area contributed by atoms with E-state index in [9.17, 15) is 0 Å². The summed E-state index contributed by atoms with van der Waals surface area (Å²) in [6, 6.07) is 13.9. The Bertz CT molecular complexity index is 745. The topological polar surface area (TPSA) is 38.9 Å². The fourth-order valence-electron chi connectivity index (χ4n) is 2.22. The van der Waals surface area contributed by atoms with Crippen LogP contribution in [0.15, 0.2) is 46.9 Å². The molecule has 0 saturated carbocycles. The average Bonchev–Trinajstić information content (AvgIpc) is 2.95. The molecule has 100 valence electrons. The van der Waals surface area contributed by atoms with Gasteiger partial charge in [-0.15, -0.1) is 10.2 Å². The SMILES string of the molecule is Cc1ccc(-c2nnc(-c3ccccc3)o2)c(C)c1C. The highest BCUT2D eigenvalue weighted by Crippen LogP contribution is 2.28. The quantitative estimate of drug-likeness (QED) is 0.691. The predicted octanol–water partition coefficient (Wildman–Crippen LogP) is 4.33. The van der Waals surface area contributed by atoms with Crippen molar-refractivity contribution in [1.82, 2.24) is 10.2 Å². The molecule has 20 heavy (non-hydrogen) atoms. The first kappa shape index (κ1) is 12.6. The molecule has 3 nitrogen and oxygen atoms in total. The van der Waals surface area contributed by atoms with Gasteiger partial charge in [-0.1, -0.05) is 24.3 Å². The molecule has 0 bridgehead atoms. The number of nitrogens with zero attached hydrogens (tertiary/aromatic N) is 2. The van der Waals surface area contributed by atoms with E-state index in [1.807, 2.05) is 36.4 Å². The molecule has 3 heteroatoms. The molecular weight excluding hydrogens is 248 g/mol. The predicted molar refractivity (Wildman–Crippen MR) is 79.4 cm³/mol. The van der Waals surface area contributed by atoms with Gasteiger partial charge in [0, 0.05) is 11.1 Å². The third-order valence-electron chi connectivity index (χ3n) is 3.73. The summed E-state index contributed by atoms with van der Waals surface area (Å²) in [6.45, 7) is 6.31. The lowest BCUT2D eigenvalue weighted by Crippen LogP contribution is -1.90. The zero-order valence-electron chi connectivity index (χ0n) is 11.8. The highest BCUT2D eigenvalue weighted by molar-refractivity contribution is 5.63. The molecule has 0 radical (unpaired) electrons. The van der Waals surface area contributed by atoms with E-state index in [0.29, 0.717) is 11.8 Å². The monoisotopic (exact) mass is 264 g/mol. The van der Waals surface area contributed by atoms with Crippen LogP contribution in [0.3, 0.4) is 0 Å². The Kier molecular flexibility index (Phi) is 3.11. The second-order valence-corrected chi connectivity index (χ2v) is 4.96. The molecule has 0 amide bonds. The molecule has 0 spiro atoms. The molecule has 0 fully saturated rings. The summed E-state index contributed by atoms with van der Waals surface area (Å²) in [7, 11) is 0. The molecule has 0 atom stereocenters. The van der Waals surface area contributed by atoms with Crippen molar-refractivity contribution in [3.8, 4) is 22.9 Å². The van der Waals surface area contributed by atoms with Crippen LogP contribution in [0.4, 0.5) is 0 Å². The lowest BCUT2D eigenvalue weighted by molar-refractivity contribution is 0.584. The Labute approximate surface area is 118 Å². The van der Waals surface area contributed by atoms with Crippen LogP contribution in [0.2, 0.25) is 0 Å². The number of rotatable bonds is 2. The third-order valence-corrected chi connectivity index (χ3v) is 3.73. The normalized spacial score (nSPS) is 10.8. The maximum atomic E-state index is 5.81. The van der Waals surface area contributed by atoms with Crippen LogP contribution < -0.4 is 0 Å². The van der Waals surface area contributed by atoms with Crippen LogP contribution in [0.25, 0.3) is 22.9 Å². The van der Waals surface area contributed by atoms with Gasteiger partial charge >= 0.3 is 0 Å². The summed E-state index contributed by atoms with van der Waals surface area (Å²) < 4.78 is 5.81. The van der Waals surface area contributed by atoms with Crippen molar-refractivity contribution in [3.05, 3.63) is 59.2 Å². The number of hydrogen-bond acceptors (Lipinski definition) is 3. The molecule has 1 aromatic heterocycles. The minimum Gasteiger partial charge on any atom is -0.416 e. The van der Waals surface area contributed by atoms with E-state index in [0.717, 1.165) is 11.1 Å². The van der Waals surface area contributed by atoms with E-state index in [2.05, 4.69) is 37.0 Å². The minimum absolute atomic E-state index is 0.554. The molecule has 0 aliphatic carbocycles. The van der Waals surface area contributed by atoms with Crippen molar-refractivity contribution < 1.29 is 4.42 Å².